The van der Waals surface area contributed by atoms with E-state index < -0.39 is 0 Å². The monoisotopic (exact) mass is 469 g/mol. The Morgan fingerprint density at radius 3 is 3.04 bits per heavy atom. The first kappa shape index (κ1) is 19.9. The van der Waals surface area contributed by atoms with Crippen LogP contribution in [-0.4, -0.2) is 50.3 Å². The molecule has 0 saturated carbocycles. The third-order valence-electron chi connectivity index (χ3n) is 6.21. The van der Waals surface area contributed by atoms with Crippen LogP contribution in [0.4, 0.5) is 0 Å². The van der Waals surface area contributed by atoms with Crippen LogP contribution >= 0.6 is 24.0 Å². The van der Waals surface area contributed by atoms with E-state index in [1.54, 1.807) is 0 Å². The summed E-state index contributed by atoms with van der Waals surface area (Å²) in [6.45, 7) is 8.06. The number of fused-ring (bicyclic) bond motifs is 1. The van der Waals surface area contributed by atoms with Gasteiger partial charge in [-0.1, -0.05) is 24.3 Å². The Morgan fingerprint density at radius 2 is 2.23 bits per heavy atom. The summed E-state index contributed by atoms with van der Waals surface area (Å²) in [4.78, 5) is 7.53. The molecular weight excluding hydrogens is 437 g/mol. The molecule has 5 heteroatoms. The van der Waals surface area contributed by atoms with Crippen LogP contribution in [0.3, 0.4) is 0 Å². The Labute approximate surface area is 174 Å². The second-order valence-corrected chi connectivity index (χ2v) is 7.96. The predicted molar refractivity (Wildman–Crippen MR) is 118 cm³/mol. The van der Waals surface area contributed by atoms with Gasteiger partial charge in [-0.15, -0.1) is 24.0 Å². The number of nitrogens with one attached hydrogen (secondary N) is 1. The third kappa shape index (κ3) is 4.19. The van der Waals surface area contributed by atoms with Gasteiger partial charge in [0.15, 0.2) is 5.96 Å². The van der Waals surface area contributed by atoms with E-state index in [1.165, 1.54) is 43.2 Å². The number of nitrogens with zero attached hydrogens (tertiary/aromatic N) is 2. The summed E-state index contributed by atoms with van der Waals surface area (Å²) in [5.74, 6) is 1.68. The minimum atomic E-state index is 0. The molecule has 2 aliphatic heterocycles. The Kier molecular flexibility index (Phi) is 6.83. The van der Waals surface area contributed by atoms with Crippen molar-refractivity contribution in [1.29, 1.82) is 0 Å². The van der Waals surface area contributed by atoms with Crippen molar-refractivity contribution in [2.75, 3.05) is 39.4 Å². The van der Waals surface area contributed by atoms with Crippen molar-refractivity contribution in [2.45, 2.75) is 44.9 Å². The van der Waals surface area contributed by atoms with Crippen LogP contribution in [0.1, 0.15) is 49.7 Å². The molecule has 4 rings (SSSR count). The average molecular weight is 469 g/mol. The van der Waals surface area contributed by atoms with Crippen molar-refractivity contribution in [3.05, 3.63) is 35.4 Å². The summed E-state index contributed by atoms with van der Waals surface area (Å²) in [5, 5.41) is 3.53. The standard InChI is InChI=1S/C21H31N3O.HI/c1-2-22-20(24-12-10-21(15-24)11-13-25-16-21)23-14-18-8-5-7-17-6-3-4-9-19(17)18;/h3-4,6,9,18H,2,5,7-8,10-16H2,1H3,(H,22,23);1H. The Balaban J connectivity index is 0.00000196. The number of aliphatic imine (C=N–C) groups is 1. The molecule has 2 saturated heterocycles. The first-order valence-electron chi connectivity index (χ1n) is 9.98. The zero-order valence-electron chi connectivity index (χ0n) is 15.9. The minimum absolute atomic E-state index is 0. The van der Waals surface area contributed by atoms with Gasteiger partial charge in [0.1, 0.15) is 0 Å². The summed E-state index contributed by atoms with van der Waals surface area (Å²) >= 11 is 0. The largest absolute Gasteiger partial charge is 0.381 e. The highest BCUT2D eigenvalue weighted by Gasteiger charge is 2.42. The van der Waals surface area contributed by atoms with Gasteiger partial charge in [0, 0.05) is 44.1 Å². The fraction of sp³-hybridized carbons (Fsp3) is 0.667. The first-order valence-corrected chi connectivity index (χ1v) is 9.98. The van der Waals surface area contributed by atoms with Crippen molar-refractivity contribution < 1.29 is 4.74 Å². The number of hydrogen-bond donors (Lipinski definition) is 1. The topological polar surface area (TPSA) is 36.9 Å². The van der Waals surface area contributed by atoms with Crippen LogP contribution in [0.25, 0.3) is 0 Å². The second-order valence-electron chi connectivity index (χ2n) is 7.96. The number of hydrogen-bond acceptors (Lipinski definition) is 2. The zero-order chi connectivity index (χ0) is 17.1. The zero-order valence-corrected chi connectivity index (χ0v) is 18.2. The van der Waals surface area contributed by atoms with Crippen LogP contribution in [0.15, 0.2) is 29.3 Å². The van der Waals surface area contributed by atoms with Gasteiger partial charge in [-0.05, 0) is 50.2 Å². The number of guanidine groups is 1. The molecule has 4 nitrogen and oxygen atoms in total. The Hall–Kier alpha value is -0.820. The maximum absolute atomic E-state index is 5.68. The van der Waals surface area contributed by atoms with E-state index in [-0.39, 0.29) is 24.0 Å². The van der Waals surface area contributed by atoms with E-state index in [2.05, 4.69) is 41.4 Å². The minimum Gasteiger partial charge on any atom is -0.381 e. The maximum atomic E-state index is 5.68. The van der Waals surface area contributed by atoms with E-state index in [9.17, 15) is 0 Å². The van der Waals surface area contributed by atoms with Gasteiger partial charge in [0.25, 0.3) is 0 Å². The molecular formula is C21H32IN3O. The molecule has 1 aromatic rings. The average Bonchev–Trinajstić information content (AvgIpc) is 3.29. The second kappa shape index (κ2) is 8.91. The molecule has 3 aliphatic rings. The third-order valence-corrected chi connectivity index (χ3v) is 6.21. The normalized spacial score (nSPS) is 28.1. The van der Waals surface area contributed by atoms with Gasteiger partial charge in [-0.25, -0.2) is 0 Å². The van der Waals surface area contributed by atoms with Gasteiger partial charge in [-0.2, -0.15) is 0 Å². The van der Waals surface area contributed by atoms with Gasteiger partial charge < -0.3 is 15.0 Å². The lowest BCUT2D eigenvalue weighted by Crippen LogP contribution is -2.41. The number of halogens is 1. The molecule has 1 spiro atoms. The van der Waals surface area contributed by atoms with Crippen LogP contribution in [0.2, 0.25) is 0 Å². The maximum Gasteiger partial charge on any atom is 0.193 e. The van der Waals surface area contributed by atoms with E-state index in [0.717, 1.165) is 45.4 Å². The molecule has 0 radical (unpaired) electrons. The summed E-state index contributed by atoms with van der Waals surface area (Å²) < 4.78 is 5.68. The molecule has 2 fully saturated rings. The summed E-state index contributed by atoms with van der Waals surface area (Å²) in [6, 6.07) is 8.95. The van der Waals surface area contributed by atoms with E-state index in [1.807, 2.05) is 0 Å². The smallest absolute Gasteiger partial charge is 0.193 e. The molecule has 0 aromatic heterocycles. The Morgan fingerprint density at radius 1 is 1.35 bits per heavy atom. The van der Waals surface area contributed by atoms with Crippen molar-refractivity contribution in [3.8, 4) is 0 Å². The van der Waals surface area contributed by atoms with Gasteiger partial charge in [-0.3, -0.25) is 4.99 Å². The summed E-state index contributed by atoms with van der Waals surface area (Å²) in [6.07, 6.45) is 6.23. The van der Waals surface area contributed by atoms with Crippen LogP contribution in [0, 0.1) is 5.41 Å². The summed E-state index contributed by atoms with van der Waals surface area (Å²) in [7, 11) is 0. The summed E-state index contributed by atoms with van der Waals surface area (Å²) in [5.41, 5.74) is 3.44. The highest BCUT2D eigenvalue weighted by atomic mass is 127. The highest BCUT2D eigenvalue weighted by Crippen LogP contribution is 2.38. The van der Waals surface area contributed by atoms with Crippen LogP contribution in [-0.2, 0) is 11.2 Å². The van der Waals surface area contributed by atoms with Crippen molar-refractivity contribution in [3.63, 3.8) is 0 Å². The molecule has 2 unspecified atom stereocenters. The molecule has 1 N–H and O–H groups in total. The van der Waals surface area contributed by atoms with Crippen LogP contribution < -0.4 is 5.32 Å². The van der Waals surface area contributed by atoms with Gasteiger partial charge in [0.2, 0.25) is 0 Å². The Bertz CT molecular complexity index is 627. The lowest BCUT2D eigenvalue weighted by atomic mass is 9.83. The SMILES string of the molecule is CCNC(=NCC1CCCc2ccccc21)N1CCC2(CCOC2)C1.I. The molecule has 0 amide bonds. The molecule has 1 aliphatic carbocycles. The lowest BCUT2D eigenvalue weighted by molar-refractivity contribution is 0.156. The fourth-order valence-electron chi connectivity index (χ4n) is 4.75. The number of ether oxygens (including phenoxy) is 1. The van der Waals surface area contributed by atoms with E-state index >= 15 is 0 Å². The molecule has 2 atom stereocenters. The van der Waals surface area contributed by atoms with Crippen molar-refractivity contribution >= 4 is 29.9 Å². The first-order chi connectivity index (χ1) is 12.3. The lowest BCUT2D eigenvalue weighted by Gasteiger charge is -2.27. The number of rotatable bonds is 3. The van der Waals surface area contributed by atoms with Crippen molar-refractivity contribution in [2.24, 2.45) is 10.4 Å². The molecule has 144 valence electrons. The van der Waals surface area contributed by atoms with Crippen LogP contribution in [0.5, 0.6) is 0 Å². The van der Waals surface area contributed by atoms with Crippen molar-refractivity contribution in [1.82, 2.24) is 10.2 Å². The van der Waals surface area contributed by atoms with E-state index in [0.29, 0.717) is 11.3 Å². The number of benzene rings is 1. The molecule has 2 heterocycles. The molecule has 0 bridgehead atoms. The highest BCUT2D eigenvalue weighted by molar-refractivity contribution is 14.0. The molecule has 26 heavy (non-hydrogen) atoms. The van der Waals surface area contributed by atoms with Gasteiger partial charge >= 0.3 is 0 Å². The molecule has 1 aromatic carbocycles. The fourth-order valence-corrected chi connectivity index (χ4v) is 4.75. The number of likely N-dealkylation sites (tertiary alicyclic amines) is 1. The number of aryl methyl sites for hydroxylation is 1. The predicted octanol–water partition coefficient (Wildman–Crippen LogP) is 3.80. The van der Waals surface area contributed by atoms with Gasteiger partial charge in [0.05, 0.1) is 6.61 Å². The quantitative estimate of drug-likeness (QED) is 0.416. The van der Waals surface area contributed by atoms with E-state index in [4.69, 9.17) is 9.73 Å².